The van der Waals surface area contributed by atoms with Crippen molar-refractivity contribution in [3.05, 3.63) is 12.2 Å². The van der Waals surface area contributed by atoms with Gasteiger partial charge in [0.05, 0.1) is 82.7 Å². The summed E-state index contributed by atoms with van der Waals surface area (Å²) in [7, 11) is 0. The number of amides is 4. The summed E-state index contributed by atoms with van der Waals surface area (Å²) in [5.41, 5.74) is 0. The molecule has 26 N–H and O–H groups in total. The summed E-state index contributed by atoms with van der Waals surface area (Å²) >= 11 is 0. The topological polar surface area (TPSA) is 706 Å². The van der Waals surface area contributed by atoms with E-state index in [9.17, 15) is 141 Å². The van der Waals surface area contributed by atoms with Gasteiger partial charge in [0.2, 0.25) is 23.6 Å². The largest absolute Gasteiger partial charge is 0.477 e. The zero-order valence-corrected chi connectivity index (χ0v) is 79.3. The monoisotopic (exact) mass is 1970 g/mol. The molecule has 136 heavy (non-hydrogen) atoms. The minimum Gasteiger partial charge on any atom is -0.477 e. The van der Waals surface area contributed by atoms with Crippen LogP contribution in [0, 0.1) is 0 Å². The van der Waals surface area contributed by atoms with Gasteiger partial charge < -0.3 is 190 Å². The van der Waals surface area contributed by atoms with Gasteiger partial charge in [-0.1, -0.05) is 231 Å². The van der Waals surface area contributed by atoms with Crippen LogP contribution in [0.1, 0.15) is 272 Å². The summed E-state index contributed by atoms with van der Waals surface area (Å²) in [6.07, 6.45) is -22.2. The van der Waals surface area contributed by atoms with E-state index in [4.69, 9.17) is 56.8 Å². The number of allylic oxidation sites excluding steroid dienone is 1. The van der Waals surface area contributed by atoms with Gasteiger partial charge in [0.25, 0.3) is 11.6 Å². The fraction of sp³-hybridized carbons (Fsp3) is 0.913. The number of hydrogen-bond donors (Lipinski definition) is 26. The molecule has 0 aromatic carbocycles. The second-order valence-electron chi connectivity index (χ2n) is 37.1. The molecule has 0 radical (unpaired) electrons. The maximum absolute atomic E-state index is 14.1. The molecular weight excluding hydrogens is 1800 g/mol. The summed E-state index contributed by atoms with van der Waals surface area (Å²) in [5, 5.41) is 257. The Morgan fingerprint density at radius 3 is 1.17 bits per heavy atom. The average molecular weight is 1970 g/mol. The number of carboxylic acid groups (broad SMARTS) is 2. The van der Waals surface area contributed by atoms with Gasteiger partial charge in [0.1, 0.15) is 141 Å². The van der Waals surface area contributed by atoms with Gasteiger partial charge in [-0.3, -0.25) is 19.2 Å². The Bertz CT molecular complexity index is 3370. The van der Waals surface area contributed by atoms with Gasteiger partial charge in [-0.2, -0.15) is 0 Å². The number of aliphatic hydroxyl groups is 20. The zero-order chi connectivity index (χ0) is 100. The molecule has 0 aromatic heterocycles. The van der Waals surface area contributed by atoms with Crippen molar-refractivity contribution in [1.82, 2.24) is 21.3 Å². The first-order chi connectivity index (χ1) is 65.1. The van der Waals surface area contributed by atoms with E-state index >= 15 is 0 Å². The summed E-state index contributed by atoms with van der Waals surface area (Å²) in [4.78, 5) is 79.9. The number of aliphatic carboxylic acids is 2. The molecular formula is C92H164N4O40. The van der Waals surface area contributed by atoms with Crippen LogP contribution in [0.25, 0.3) is 0 Å². The Kier molecular flexibility index (Phi) is 56.0. The number of nitrogens with one attached hydrogen (secondary N) is 4. The van der Waals surface area contributed by atoms with Crippen molar-refractivity contribution >= 4 is 35.6 Å². The first kappa shape index (κ1) is 120. The van der Waals surface area contributed by atoms with Crippen LogP contribution in [-0.2, 0) is 85.6 Å². The third-order valence-corrected chi connectivity index (χ3v) is 26.2. The van der Waals surface area contributed by atoms with Crippen LogP contribution in [0.2, 0.25) is 0 Å². The maximum Gasteiger partial charge on any atom is 0.364 e. The maximum atomic E-state index is 14.1. The average Bonchev–Trinajstić information content (AvgIpc) is 0.741. The van der Waals surface area contributed by atoms with Crippen molar-refractivity contribution in [3.63, 3.8) is 0 Å². The lowest BCUT2D eigenvalue weighted by Crippen LogP contribution is -2.72. The molecule has 34 atom stereocenters. The van der Waals surface area contributed by atoms with Gasteiger partial charge in [-0.15, -0.1) is 0 Å². The summed E-state index contributed by atoms with van der Waals surface area (Å²) in [5.74, 6) is -15.0. The fourth-order valence-corrected chi connectivity index (χ4v) is 18.3. The Morgan fingerprint density at radius 1 is 0.390 bits per heavy atom. The van der Waals surface area contributed by atoms with Crippen molar-refractivity contribution in [2.24, 2.45) is 0 Å². The molecule has 44 nitrogen and oxygen atoms in total. The zero-order valence-electron chi connectivity index (χ0n) is 79.3. The van der Waals surface area contributed by atoms with Crippen LogP contribution in [0.5, 0.6) is 0 Å². The van der Waals surface area contributed by atoms with E-state index in [0.717, 1.165) is 78.1 Å². The predicted molar refractivity (Wildman–Crippen MR) is 478 cm³/mol. The molecule has 6 aliphatic heterocycles. The van der Waals surface area contributed by atoms with E-state index in [1.165, 1.54) is 154 Å². The standard InChI is InChI=1S/C92H164N4O40/c1-5-7-9-11-13-15-17-19-20-21-22-23-24-25-26-27-28-30-32-34-36-38-40-42-65(111)95-55(56(106)41-39-37-35-33-31-29-18-16-14-12-10-8-6-2)52-125-86-75(118)74(117)78(63(49-101)128-86)130-88-77(120)84(136-92(90(123)124)44-58(108)68(96-66(112)51-103)82(134-92)71(114)60(110)46-98)79(64(50-102)129-88)131-85-69(94-54(4)105)80(72(115)61(47-99)126-85)132-87-76(119)83(73(116)62(48-100)127-87)135-91(89(121)122)43-57(107)67(93-53(3)104)81(133-91)70(113)59(109)45-97/h39,41,55-64,67-88,97-103,106-110,113-120H,5-38,40,42-52H2,1-4H3,(H,93,104)(H,94,105)(H,95,111)(H,96,112)(H,121,122)(H,123,124)/b41-39+/t55-,56+,57?,58?,59+,60+,61?,62?,63?,64?,67+,68+,69?,70+,71+,72-,73-,74+,75?,76?,77?,78+,79-,80+,81?,82?,83-,84+,85-,86+,87-,88-,91-,92-/m0/s1. The molecule has 4 amide bonds. The summed E-state index contributed by atoms with van der Waals surface area (Å²) in [6, 6.07) is -7.14. The molecule has 0 spiro atoms. The summed E-state index contributed by atoms with van der Waals surface area (Å²) < 4.78 is 72.4. The second kappa shape index (κ2) is 63.4. The van der Waals surface area contributed by atoms with E-state index in [-0.39, 0.29) is 6.42 Å². The van der Waals surface area contributed by atoms with Gasteiger partial charge in [0.15, 0.2) is 25.2 Å². The molecule has 0 aromatic rings. The normalized spacial score (nSPS) is 33.6. The van der Waals surface area contributed by atoms with Crippen molar-refractivity contribution in [2.45, 2.75) is 479 Å². The quantitative estimate of drug-likeness (QED) is 0.0237. The first-order valence-electron chi connectivity index (χ1n) is 49.4. The number of carboxylic acids is 2. The number of carbonyl (C=O) groups excluding carboxylic acids is 4. The smallest absolute Gasteiger partial charge is 0.364 e. The lowest BCUT2D eigenvalue weighted by Gasteiger charge is -2.53. The highest BCUT2D eigenvalue weighted by molar-refractivity contribution is 5.79. The molecule has 6 saturated heterocycles. The molecule has 0 saturated carbocycles. The van der Waals surface area contributed by atoms with Gasteiger partial charge in [-0.25, -0.2) is 9.59 Å². The van der Waals surface area contributed by atoms with E-state index in [0.29, 0.717) is 12.8 Å². The van der Waals surface area contributed by atoms with E-state index < -0.39 is 309 Å². The number of carbonyl (C=O) groups is 6. The van der Waals surface area contributed by atoms with Crippen LogP contribution < -0.4 is 21.3 Å². The van der Waals surface area contributed by atoms with E-state index in [1.807, 2.05) is 0 Å². The molecule has 6 rings (SSSR count). The Balaban J connectivity index is 1.24. The highest BCUT2D eigenvalue weighted by Crippen LogP contribution is 2.43. The molecule has 12 unspecified atom stereocenters. The molecule has 0 aliphatic carbocycles. The van der Waals surface area contributed by atoms with Crippen LogP contribution in [-0.4, -0.2) is 408 Å². The Morgan fingerprint density at radius 2 is 0.750 bits per heavy atom. The molecule has 6 heterocycles. The Labute approximate surface area is 795 Å². The second-order valence-corrected chi connectivity index (χ2v) is 37.1. The summed E-state index contributed by atoms with van der Waals surface area (Å²) in [6.45, 7) is -3.18. The molecule has 44 heteroatoms. The predicted octanol–water partition coefficient (Wildman–Crippen LogP) is -1.78. The molecule has 792 valence electrons. The van der Waals surface area contributed by atoms with Crippen LogP contribution in [0.15, 0.2) is 12.2 Å². The number of aliphatic hydroxyl groups excluding tert-OH is 20. The third-order valence-electron chi connectivity index (χ3n) is 26.2. The van der Waals surface area contributed by atoms with E-state index in [2.05, 4.69) is 35.1 Å². The SMILES string of the molecule is CCCCCCCCCCCCC/C=C/[C@@H](O)[C@H](CO[C@@H]1OC(CO)[C@@H](O[C@@H]2OC(CO)[C@H](O[C@@H]3OC(CO)[C@H](O)[C@H](O[C@@H]4OC(CO)[C@H](O)[C@H](O[C@]5(C(=O)O)CC(O)[C@@H](NC(C)=O)C([C@H](O)[C@H](O)CO)O5)C4O)C3NC(C)=O)[C@H](O[C@]3(C(=O)O)CC(O)[C@@H](NC(=O)CO)C([C@H](O)[C@H](O)CO)O3)C2O)[C@H](O)C1O)NC(=O)CCCCCCCCCCCCCCCCCCCCCCCCC. The van der Waals surface area contributed by atoms with Gasteiger partial charge in [0, 0.05) is 33.1 Å². The van der Waals surface area contributed by atoms with E-state index in [1.54, 1.807) is 6.08 Å². The first-order valence-corrected chi connectivity index (χ1v) is 49.4. The van der Waals surface area contributed by atoms with Crippen molar-refractivity contribution in [3.8, 4) is 0 Å². The van der Waals surface area contributed by atoms with Crippen molar-refractivity contribution in [1.29, 1.82) is 0 Å². The number of ether oxygens (including phenoxy) is 12. The number of rotatable bonds is 68. The minimum atomic E-state index is -3.56. The molecule has 6 fully saturated rings. The molecule has 6 aliphatic rings. The highest BCUT2D eigenvalue weighted by atomic mass is 16.8. The number of hydrogen-bond acceptors (Lipinski definition) is 38. The number of unbranched alkanes of at least 4 members (excludes halogenated alkanes) is 33. The lowest BCUT2D eigenvalue weighted by molar-refractivity contribution is -0.405. The van der Waals surface area contributed by atoms with Crippen LogP contribution in [0.3, 0.4) is 0 Å². The van der Waals surface area contributed by atoms with Crippen molar-refractivity contribution in [2.75, 3.05) is 52.9 Å². The Hall–Kier alpha value is -4.72. The highest BCUT2D eigenvalue weighted by Gasteiger charge is 2.64. The van der Waals surface area contributed by atoms with Gasteiger partial charge >= 0.3 is 11.9 Å². The fourth-order valence-electron chi connectivity index (χ4n) is 18.3. The van der Waals surface area contributed by atoms with Crippen molar-refractivity contribution < 1.29 is 198 Å². The van der Waals surface area contributed by atoms with Crippen LogP contribution in [0.4, 0.5) is 0 Å². The minimum absolute atomic E-state index is 0.0886. The van der Waals surface area contributed by atoms with Gasteiger partial charge in [-0.05, 0) is 19.3 Å². The molecule has 0 bridgehead atoms. The lowest BCUT2D eigenvalue weighted by atomic mass is 9.88. The van der Waals surface area contributed by atoms with Crippen LogP contribution >= 0.6 is 0 Å². The third kappa shape index (κ3) is 36.8.